The standard InChI is InChI=1S/C24H26ClFN4O2/c1-3-24(31)28-16-14-29(2)10-11-30(17-4-6-21(26)20(25)12-17)23-8-9-27-22-7-5-18(32-15-16)13-19(22)23/h4-9,12-13,16H,3,10-11,14-15H2,1-2H3,(H,28,31). The number of amides is 1. The summed E-state index contributed by atoms with van der Waals surface area (Å²) in [5.74, 6) is 0.237. The first-order valence-corrected chi connectivity index (χ1v) is 11.0. The second kappa shape index (κ2) is 9.71. The van der Waals surface area contributed by atoms with Crippen LogP contribution in [0.4, 0.5) is 15.8 Å². The maximum atomic E-state index is 13.8. The molecule has 2 aromatic carbocycles. The van der Waals surface area contributed by atoms with Crippen LogP contribution in [0.2, 0.25) is 5.02 Å². The highest BCUT2D eigenvalue weighted by Gasteiger charge is 2.20. The monoisotopic (exact) mass is 456 g/mol. The number of halogens is 2. The van der Waals surface area contributed by atoms with Crippen LogP contribution in [0.1, 0.15) is 13.3 Å². The average Bonchev–Trinajstić information content (AvgIpc) is 2.79. The molecule has 2 bridgehead atoms. The number of fused-ring (bicyclic) bond motifs is 1. The van der Waals surface area contributed by atoms with E-state index >= 15 is 0 Å². The Morgan fingerprint density at radius 1 is 1.25 bits per heavy atom. The Morgan fingerprint density at radius 2 is 2.09 bits per heavy atom. The van der Waals surface area contributed by atoms with Crippen molar-refractivity contribution in [2.45, 2.75) is 19.4 Å². The van der Waals surface area contributed by atoms with Crippen LogP contribution in [0.3, 0.4) is 0 Å². The summed E-state index contributed by atoms with van der Waals surface area (Å²) >= 11 is 6.11. The number of carbonyl (C=O) groups excluding carboxylic acids is 1. The molecule has 0 saturated carbocycles. The van der Waals surface area contributed by atoms with Crippen LogP contribution in [0.15, 0.2) is 48.7 Å². The molecule has 0 aliphatic carbocycles. The van der Waals surface area contributed by atoms with Gasteiger partial charge in [0.1, 0.15) is 18.2 Å². The number of benzene rings is 2. The molecule has 0 fully saturated rings. The van der Waals surface area contributed by atoms with Gasteiger partial charge >= 0.3 is 0 Å². The number of pyridine rings is 1. The number of nitrogens with one attached hydrogen (secondary N) is 1. The SMILES string of the molecule is CCC(=O)NC1COc2ccc3nccc(c3c2)N(c2ccc(F)c(Cl)c2)CCN(C)C1. The molecular formula is C24H26ClFN4O2. The van der Waals surface area contributed by atoms with Crippen molar-refractivity contribution in [1.82, 2.24) is 15.2 Å². The van der Waals surface area contributed by atoms with Gasteiger partial charge in [-0.3, -0.25) is 9.78 Å². The number of nitrogens with zero attached hydrogens (tertiary/aromatic N) is 3. The molecule has 8 heteroatoms. The van der Waals surface area contributed by atoms with Crippen molar-refractivity contribution in [1.29, 1.82) is 0 Å². The summed E-state index contributed by atoms with van der Waals surface area (Å²) in [6, 6.07) is 12.3. The molecule has 3 aromatic rings. The largest absolute Gasteiger partial charge is 0.491 e. The Labute approximate surface area is 191 Å². The third-order valence-corrected chi connectivity index (χ3v) is 5.86. The molecule has 1 aromatic heterocycles. The lowest BCUT2D eigenvalue weighted by molar-refractivity contribution is -0.121. The van der Waals surface area contributed by atoms with E-state index in [4.69, 9.17) is 16.3 Å². The van der Waals surface area contributed by atoms with E-state index in [1.165, 1.54) is 6.07 Å². The number of rotatable bonds is 3. The second-order valence-corrected chi connectivity index (χ2v) is 8.36. The zero-order valence-corrected chi connectivity index (χ0v) is 18.9. The first-order chi connectivity index (χ1) is 15.4. The molecule has 1 atom stereocenters. The summed E-state index contributed by atoms with van der Waals surface area (Å²) in [6.45, 7) is 4.18. The van der Waals surface area contributed by atoms with E-state index in [-0.39, 0.29) is 17.0 Å². The summed E-state index contributed by atoms with van der Waals surface area (Å²) in [6.07, 6.45) is 2.19. The number of hydrogen-bond acceptors (Lipinski definition) is 5. The highest BCUT2D eigenvalue weighted by atomic mass is 35.5. The average molecular weight is 457 g/mol. The Bertz CT molecular complexity index is 1130. The molecule has 32 heavy (non-hydrogen) atoms. The van der Waals surface area contributed by atoms with E-state index in [1.807, 2.05) is 38.2 Å². The number of likely N-dealkylation sites (N-methyl/N-ethyl adjacent to an activating group) is 1. The zero-order chi connectivity index (χ0) is 22.7. The highest BCUT2D eigenvalue weighted by Crippen LogP contribution is 2.35. The fourth-order valence-corrected chi connectivity index (χ4v) is 4.06. The summed E-state index contributed by atoms with van der Waals surface area (Å²) in [5, 5.41) is 4.04. The van der Waals surface area contributed by atoms with Gasteiger partial charge in [0, 0.05) is 43.3 Å². The second-order valence-electron chi connectivity index (χ2n) is 7.95. The first-order valence-electron chi connectivity index (χ1n) is 10.7. The summed E-state index contributed by atoms with van der Waals surface area (Å²) in [7, 11) is 2.01. The molecule has 1 amide bonds. The lowest BCUT2D eigenvalue weighted by Gasteiger charge is -2.31. The molecular weight excluding hydrogens is 431 g/mol. The Hall–Kier alpha value is -2.90. The van der Waals surface area contributed by atoms with Gasteiger partial charge in [0.15, 0.2) is 0 Å². The van der Waals surface area contributed by atoms with Crippen LogP contribution in [0.25, 0.3) is 10.9 Å². The van der Waals surface area contributed by atoms with E-state index in [0.717, 1.165) is 22.3 Å². The predicted octanol–water partition coefficient (Wildman–Crippen LogP) is 4.38. The van der Waals surface area contributed by atoms with Gasteiger partial charge in [-0.25, -0.2) is 4.39 Å². The first kappa shape index (κ1) is 22.3. The number of carbonyl (C=O) groups is 1. The topological polar surface area (TPSA) is 57.7 Å². The van der Waals surface area contributed by atoms with Crippen molar-refractivity contribution in [3.63, 3.8) is 0 Å². The van der Waals surface area contributed by atoms with Crippen molar-refractivity contribution < 1.29 is 13.9 Å². The highest BCUT2D eigenvalue weighted by molar-refractivity contribution is 6.31. The van der Waals surface area contributed by atoms with E-state index in [0.29, 0.717) is 38.4 Å². The van der Waals surface area contributed by atoms with E-state index in [1.54, 1.807) is 18.3 Å². The number of hydrogen-bond donors (Lipinski definition) is 1. The summed E-state index contributed by atoms with van der Waals surface area (Å²) in [5.41, 5.74) is 2.55. The van der Waals surface area contributed by atoms with Gasteiger partial charge in [0.05, 0.1) is 22.3 Å². The molecule has 1 aliphatic heterocycles. The molecule has 0 radical (unpaired) electrons. The zero-order valence-electron chi connectivity index (χ0n) is 18.1. The summed E-state index contributed by atoms with van der Waals surface area (Å²) < 4.78 is 19.9. The van der Waals surface area contributed by atoms with Gasteiger partial charge in [-0.2, -0.15) is 0 Å². The van der Waals surface area contributed by atoms with Crippen molar-refractivity contribution in [2.24, 2.45) is 0 Å². The maximum Gasteiger partial charge on any atom is 0.220 e. The normalized spacial score (nSPS) is 17.5. The van der Waals surface area contributed by atoms with Gasteiger partial charge in [0.2, 0.25) is 5.91 Å². The van der Waals surface area contributed by atoms with Crippen LogP contribution in [0, 0.1) is 5.82 Å². The van der Waals surface area contributed by atoms with Gasteiger partial charge in [-0.05, 0) is 49.5 Å². The van der Waals surface area contributed by atoms with Gasteiger partial charge < -0.3 is 19.9 Å². The fraction of sp³-hybridized carbons (Fsp3) is 0.333. The molecule has 1 N–H and O–H groups in total. The van der Waals surface area contributed by atoms with E-state index < -0.39 is 5.82 Å². The van der Waals surface area contributed by atoms with Crippen LogP contribution in [-0.2, 0) is 4.79 Å². The van der Waals surface area contributed by atoms with Crippen molar-refractivity contribution in [2.75, 3.05) is 38.2 Å². The van der Waals surface area contributed by atoms with Crippen LogP contribution < -0.4 is 15.0 Å². The van der Waals surface area contributed by atoms with Crippen molar-refractivity contribution >= 4 is 39.8 Å². The smallest absolute Gasteiger partial charge is 0.220 e. The molecule has 0 spiro atoms. The molecule has 1 aliphatic rings. The van der Waals surface area contributed by atoms with Crippen LogP contribution >= 0.6 is 11.6 Å². The van der Waals surface area contributed by atoms with Gasteiger partial charge in [-0.15, -0.1) is 0 Å². The maximum absolute atomic E-state index is 13.8. The quantitative estimate of drug-likeness (QED) is 0.633. The summed E-state index contributed by atoms with van der Waals surface area (Å²) in [4.78, 5) is 20.8. The minimum atomic E-state index is -0.452. The number of aromatic nitrogens is 1. The molecule has 1 unspecified atom stereocenters. The fourth-order valence-electron chi connectivity index (χ4n) is 3.88. The molecule has 2 heterocycles. The number of ether oxygens (including phenoxy) is 1. The van der Waals surface area contributed by atoms with E-state index in [9.17, 15) is 9.18 Å². The minimum absolute atomic E-state index is 0.00771. The molecule has 0 saturated heterocycles. The lowest BCUT2D eigenvalue weighted by Crippen LogP contribution is -2.47. The minimum Gasteiger partial charge on any atom is -0.491 e. The molecule has 168 valence electrons. The Morgan fingerprint density at radius 3 is 2.88 bits per heavy atom. The third-order valence-electron chi connectivity index (χ3n) is 5.57. The lowest BCUT2D eigenvalue weighted by atomic mass is 10.1. The number of anilines is 2. The Kier molecular flexibility index (Phi) is 6.77. The van der Waals surface area contributed by atoms with E-state index in [2.05, 4.69) is 20.1 Å². The van der Waals surface area contributed by atoms with Gasteiger partial charge in [-0.1, -0.05) is 18.5 Å². The van der Waals surface area contributed by atoms with Crippen LogP contribution in [-0.4, -0.2) is 55.1 Å². The van der Waals surface area contributed by atoms with Gasteiger partial charge in [0.25, 0.3) is 0 Å². The Balaban J connectivity index is 1.77. The molecule has 4 rings (SSSR count). The third kappa shape index (κ3) is 4.95. The molecule has 6 nitrogen and oxygen atoms in total. The van der Waals surface area contributed by atoms with Crippen molar-refractivity contribution in [3.05, 3.63) is 59.5 Å². The predicted molar refractivity (Wildman–Crippen MR) is 125 cm³/mol. The van der Waals surface area contributed by atoms with Crippen molar-refractivity contribution in [3.8, 4) is 5.75 Å². The van der Waals surface area contributed by atoms with Crippen LogP contribution in [0.5, 0.6) is 5.75 Å².